The van der Waals surface area contributed by atoms with Crippen LogP contribution in [0, 0.1) is 0 Å². The fourth-order valence-electron chi connectivity index (χ4n) is 3.32. The Morgan fingerprint density at radius 2 is 1.96 bits per heavy atom. The Kier molecular flexibility index (Phi) is 5.92. The molecule has 1 fully saturated rings. The SMILES string of the molecule is CN=C(NCCc1ccc(Cl)nc1)NCC1(c2ccccc2)CCC1. The van der Waals surface area contributed by atoms with E-state index in [1.165, 1.54) is 24.8 Å². The molecule has 25 heavy (non-hydrogen) atoms. The number of aromatic nitrogens is 1. The second-order valence-electron chi connectivity index (χ2n) is 6.59. The van der Waals surface area contributed by atoms with Crippen LogP contribution in [0.15, 0.2) is 53.7 Å². The van der Waals surface area contributed by atoms with Gasteiger partial charge in [0, 0.05) is 31.7 Å². The Morgan fingerprint density at radius 3 is 2.56 bits per heavy atom. The Bertz CT molecular complexity index is 693. The number of aliphatic imine (C=N–C) groups is 1. The summed E-state index contributed by atoms with van der Waals surface area (Å²) in [5.41, 5.74) is 2.84. The number of halogens is 1. The summed E-state index contributed by atoms with van der Waals surface area (Å²) in [6.45, 7) is 1.72. The summed E-state index contributed by atoms with van der Waals surface area (Å²) >= 11 is 5.82. The molecule has 1 aliphatic rings. The standard InChI is InChI=1S/C20H25ClN4/c1-22-19(23-13-10-16-8-9-18(21)24-14-16)25-15-20(11-5-12-20)17-6-3-2-4-7-17/h2-4,6-9,14H,5,10-13,15H2,1H3,(H2,22,23,25). The van der Waals surface area contributed by atoms with E-state index in [2.05, 4.69) is 50.9 Å². The van der Waals surface area contributed by atoms with Crippen molar-refractivity contribution in [3.05, 3.63) is 64.9 Å². The minimum atomic E-state index is 0.249. The fraction of sp³-hybridized carbons (Fsp3) is 0.400. The molecule has 0 saturated heterocycles. The van der Waals surface area contributed by atoms with E-state index in [4.69, 9.17) is 11.6 Å². The molecule has 2 N–H and O–H groups in total. The molecule has 0 unspecified atom stereocenters. The molecule has 132 valence electrons. The number of hydrogen-bond acceptors (Lipinski definition) is 2. The van der Waals surface area contributed by atoms with Gasteiger partial charge in [-0.25, -0.2) is 4.98 Å². The monoisotopic (exact) mass is 356 g/mol. The predicted octanol–water partition coefficient (Wildman–Crippen LogP) is 3.56. The number of guanidine groups is 1. The van der Waals surface area contributed by atoms with Gasteiger partial charge in [0.1, 0.15) is 5.15 Å². The van der Waals surface area contributed by atoms with Crippen LogP contribution in [-0.2, 0) is 11.8 Å². The van der Waals surface area contributed by atoms with Crippen LogP contribution in [-0.4, -0.2) is 31.1 Å². The molecular formula is C20H25ClN4. The van der Waals surface area contributed by atoms with E-state index in [0.717, 1.165) is 31.0 Å². The lowest BCUT2D eigenvalue weighted by Crippen LogP contribution is -2.49. The smallest absolute Gasteiger partial charge is 0.191 e. The van der Waals surface area contributed by atoms with Gasteiger partial charge in [-0.2, -0.15) is 0 Å². The summed E-state index contributed by atoms with van der Waals surface area (Å²) in [5.74, 6) is 0.851. The maximum atomic E-state index is 5.82. The maximum absolute atomic E-state index is 5.82. The molecule has 0 atom stereocenters. The molecule has 1 aliphatic carbocycles. The highest BCUT2D eigenvalue weighted by atomic mass is 35.5. The van der Waals surface area contributed by atoms with Crippen LogP contribution in [0.25, 0.3) is 0 Å². The van der Waals surface area contributed by atoms with Crippen molar-refractivity contribution in [1.82, 2.24) is 15.6 Å². The van der Waals surface area contributed by atoms with E-state index < -0.39 is 0 Å². The van der Waals surface area contributed by atoms with Crippen LogP contribution in [0.4, 0.5) is 0 Å². The molecule has 0 aliphatic heterocycles. The maximum Gasteiger partial charge on any atom is 0.191 e. The van der Waals surface area contributed by atoms with Gasteiger partial charge in [-0.3, -0.25) is 4.99 Å². The van der Waals surface area contributed by atoms with E-state index in [1.54, 1.807) is 0 Å². The molecule has 0 amide bonds. The molecule has 0 bridgehead atoms. The summed E-state index contributed by atoms with van der Waals surface area (Å²) in [6, 6.07) is 14.6. The first-order valence-electron chi connectivity index (χ1n) is 8.82. The zero-order chi connectivity index (χ0) is 17.5. The molecule has 5 heteroatoms. The summed E-state index contributed by atoms with van der Waals surface area (Å²) < 4.78 is 0. The van der Waals surface area contributed by atoms with Gasteiger partial charge in [-0.1, -0.05) is 54.4 Å². The lowest BCUT2D eigenvalue weighted by molar-refractivity contribution is 0.244. The van der Waals surface area contributed by atoms with Crippen LogP contribution in [0.5, 0.6) is 0 Å². The minimum Gasteiger partial charge on any atom is -0.356 e. The Balaban J connectivity index is 1.50. The van der Waals surface area contributed by atoms with Crippen LogP contribution in [0.1, 0.15) is 30.4 Å². The number of rotatable bonds is 6. The van der Waals surface area contributed by atoms with Crippen molar-refractivity contribution >= 4 is 17.6 Å². The molecular weight excluding hydrogens is 332 g/mol. The van der Waals surface area contributed by atoms with Crippen LogP contribution in [0.3, 0.4) is 0 Å². The highest BCUT2D eigenvalue weighted by Gasteiger charge is 2.38. The van der Waals surface area contributed by atoms with Crippen LogP contribution < -0.4 is 10.6 Å². The van der Waals surface area contributed by atoms with Crippen molar-refractivity contribution in [3.63, 3.8) is 0 Å². The van der Waals surface area contributed by atoms with Crippen molar-refractivity contribution in [3.8, 4) is 0 Å². The molecule has 3 rings (SSSR count). The Hall–Kier alpha value is -2.07. The number of pyridine rings is 1. The number of nitrogens with zero attached hydrogens (tertiary/aromatic N) is 2. The second-order valence-corrected chi connectivity index (χ2v) is 6.98. The minimum absolute atomic E-state index is 0.249. The van der Waals surface area contributed by atoms with Crippen molar-refractivity contribution < 1.29 is 0 Å². The Labute approximate surface area is 154 Å². The van der Waals surface area contributed by atoms with Gasteiger partial charge < -0.3 is 10.6 Å². The molecule has 1 aromatic carbocycles. The third kappa shape index (κ3) is 4.51. The van der Waals surface area contributed by atoms with Crippen molar-refractivity contribution in [2.24, 2.45) is 4.99 Å². The Morgan fingerprint density at radius 1 is 1.16 bits per heavy atom. The van der Waals surface area contributed by atoms with E-state index in [1.807, 2.05) is 25.4 Å². The lowest BCUT2D eigenvalue weighted by atomic mass is 9.64. The van der Waals surface area contributed by atoms with E-state index in [9.17, 15) is 0 Å². The molecule has 1 saturated carbocycles. The van der Waals surface area contributed by atoms with Crippen molar-refractivity contribution in [2.75, 3.05) is 20.1 Å². The van der Waals surface area contributed by atoms with Crippen LogP contribution >= 0.6 is 11.6 Å². The van der Waals surface area contributed by atoms with Crippen LogP contribution in [0.2, 0.25) is 5.15 Å². The highest BCUT2D eigenvalue weighted by Crippen LogP contribution is 2.43. The van der Waals surface area contributed by atoms with Gasteiger partial charge in [-0.15, -0.1) is 0 Å². The average molecular weight is 357 g/mol. The second kappa shape index (κ2) is 8.34. The normalized spacial score (nSPS) is 16.2. The van der Waals surface area contributed by atoms with Gasteiger partial charge in [0.15, 0.2) is 5.96 Å². The predicted molar refractivity (Wildman–Crippen MR) is 104 cm³/mol. The van der Waals surface area contributed by atoms with Gasteiger partial charge in [0.2, 0.25) is 0 Å². The largest absolute Gasteiger partial charge is 0.356 e. The van der Waals surface area contributed by atoms with Gasteiger partial charge >= 0.3 is 0 Å². The third-order valence-corrected chi connectivity index (χ3v) is 5.23. The van der Waals surface area contributed by atoms with E-state index in [-0.39, 0.29) is 5.41 Å². The van der Waals surface area contributed by atoms with Crippen molar-refractivity contribution in [1.29, 1.82) is 0 Å². The number of nitrogens with one attached hydrogen (secondary N) is 2. The van der Waals surface area contributed by atoms with E-state index in [0.29, 0.717) is 5.15 Å². The highest BCUT2D eigenvalue weighted by molar-refractivity contribution is 6.29. The molecule has 1 aromatic heterocycles. The first-order valence-corrected chi connectivity index (χ1v) is 9.20. The molecule has 0 radical (unpaired) electrons. The summed E-state index contributed by atoms with van der Waals surface area (Å²) in [5, 5.41) is 7.42. The third-order valence-electron chi connectivity index (χ3n) is 5.01. The molecule has 2 aromatic rings. The lowest BCUT2D eigenvalue weighted by Gasteiger charge is -2.43. The molecule has 4 nitrogen and oxygen atoms in total. The summed E-state index contributed by atoms with van der Waals surface area (Å²) in [7, 11) is 1.81. The summed E-state index contributed by atoms with van der Waals surface area (Å²) in [4.78, 5) is 8.46. The zero-order valence-corrected chi connectivity index (χ0v) is 15.4. The topological polar surface area (TPSA) is 49.3 Å². The molecule has 1 heterocycles. The van der Waals surface area contributed by atoms with Gasteiger partial charge in [-0.05, 0) is 36.5 Å². The first-order chi connectivity index (χ1) is 12.2. The van der Waals surface area contributed by atoms with Crippen molar-refractivity contribution in [2.45, 2.75) is 31.1 Å². The quantitative estimate of drug-likeness (QED) is 0.472. The molecule has 0 spiro atoms. The fourth-order valence-corrected chi connectivity index (χ4v) is 3.43. The first kappa shape index (κ1) is 17.7. The van der Waals surface area contributed by atoms with Gasteiger partial charge in [0.25, 0.3) is 0 Å². The zero-order valence-electron chi connectivity index (χ0n) is 14.6. The summed E-state index contributed by atoms with van der Waals surface area (Å²) in [6.07, 6.45) is 6.47. The van der Waals surface area contributed by atoms with E-state index >= 15 is 0 Å². The number of benzene rings is 1. The number of hydrogen-bond donors (Lipinski definition) is 2. The average Bonchev–Trinajstić information content (AvgIpc) is 2.62. The van der Waals surface area contributed by atoms with Gasteiger partial charge in [0.05, 0.1) is 0 Å².